The largest absolute Gasteiger partial charge is 0.380 e. The van der Waals surface area contributed by atoms with Crippen LogP contribution in [0.25, 0.3) is 0 Å². The second-order valence-electron chi connectivity index (χ2n) is 7.38. The maximum absolute atomic E-state index is 11.9. The fourth-order valence-electron chi connectivity index (χ4n) is 4.67. The number of piperidine rings is 1. The van der Waals surface area contributed by atoms with E-state index in [-0.39, 0.29) is 5.92 Å². The van der Waals surface area contributed by atoms with Crippen LogP contribution in [0, 0.1) is 11.8 Å². The molecule has 2 aromatic rings. The van der Waals surface area contributed by atoms with Crippen LogP contribution < -0.4 is 0 Å². The summed E-state index contributed by atoms with van der Waals surface area (Å²) in [4.78, 5) is 2.39. The molecule has 2 atom stereocenters. The van der Waals surface area contributed by atoms with Gasteiger partial charge in [0.2, 0.25) is 0 Å². The number of nitrogens with zero attached hydrogens (tertiary/aromatic N) is 1. The number of rotatable bonds is 2. The quantitative estimate of drug-likeness (QED) is 0.889. The Labute approximate surface area is 149 Å². The first kappa shape index (κ1) is 16.1. The Morgan fingerprint density at radius 2 is 1.71 bits per heavy atom. The zero-order valence-corrected chi connectivity index (χ0v) is 14.8. The molecule has 2 aromatic carbocycles. The van der Waals surface area contributed by atoms with Crippen molar-refractivity contribution in [1.29, 1.82) is 0 Å². The topological polar surface area (TPSA) is 23.5 Å². The fraction of sp³-hybridized carbons (Fsp3) is 0.429. The molecule has 0 unspecified atom stereocenters. The van der Waals surface area contributed by atoms with Gasteiger partial charge < -0.3 is 10.0 Å². The third kappa shape index (κ3) is 2.57. The number of likely N-dealkylation sites (tertiary alicyclic amines) is 1. The van der Waals surface area contributed by atoms with Gasteiger partial charge in [0.05, 0.1) is 0 Å². The predicted molar refractivity (Wildman–Crippen MR) is 98.3 cm³/mol. The Morgan fingerprint density at radius 3 is 2.42 bits per heavy atom. The van der Waals surface area contributed by atoms with Crippen LogP contribution in [-0.2, 0) is 12.0 Å². The lowest BCUT2D eigenvalue weighted by Gasteiger charge is -2.40. The molecule has 1 fully saturated rings. The molecule has 1 saturated heterocycles. The van der Waals surface area contributed by atoms with Crippen molar-refractivity contribution in [2.75, 3.05) is 20.1 Å². The Morgan fingerprint density at radius 1 is 1.04 bits per heavy atom. The molecule has 0 bridgehead atoms. The Hall–Kier alpha value is -1.35. The summed E-state index contributed by atoms with van der Waals surface area (Å²) in [5, 5.41) is 12.6. The number of hydrogen-bond donors (Lipinski definition) is 1. The zero-order chi connectivity index (χ0) is 16.7. The minimum atomic E-state index is -0.901. The van der Waals surface area contributed by atoms with Crippen molar-refractivity contribution >= 4 is 11.6 Å². The molecule has 0 amide bonds. The normalized spacial score (nSPS) is 28.0. The Kier molecular flexibility index (Phi) is 4.16. The number of halogens is 1. The molecule has 0 aromatic heterocycles. The molecule has 2 nitrogen and oxygen atoms in total. The molecule has 0 saturated carbocycles. The summed E-state index contributed by atoms with van der Waals surface area (Å²) in [7, 11) is 2.19. The maximum Gasteiger partial charge on any atom is 0.118 e. The van der Waals surface area contributed by atoms with Crippen molar-refractivity contribution in [3.8, 4) is 0 Å². The molecule has 1 aliphatic heterocycles. The standard InChI is InChI=1S/C21H24ClNO/c1-23-12-10-15(11-13-23)20-14-16-4-2-3-5-19(16)21(20,24)17-6-8-18(22)9-7-17/h2-9,15,20,24H,10-14H2,1H3/t20-,21+/m0/s1. The van der Waals surface area contributed by atoms with Gasteiger partial charge in [-0.1, -0.05) is 48.0 Å². The molecule has 1 heterocycles. The number of fused-ring (bicyclic) bond motifs is 1. The van der Waals surface area contributed by atoms with E-state index in [0.29, 0.717) is 10.9 Å². The van der Waals surface area contributed by atoms with Gasteiger partial charge in [-0.05, 0) is 74.1 Å². The van der Waals surface area contributed by atoms with Gasteiger partial charge in [0.1, 0.15) is 5.60 Å². The molecule has 126 valence electrons. The summed E-state index contributed by atoms with van der Waals surface area (Å²) >= 11 is 6.08. The van der Waals surface area contributed by atoms with Gasteiger partial charge in [0.15, 0.2) is 0 Å². The summed E-state index contributed by atoms with van der Waals surface area (Å²) in [5.41, 5.74) is 2.44. The molecule has 1 aliphatic carbocycles. The first-order chi connectivity index (χ1) is 11.6. The van der Waals surface area contributed by atoms with Crippen molar-refractivity contribution in [1.82, 2.24) is 4.90 Å². The van der Waals surface area contributed by atoms with Crippen molar-refractivity contribution in [3.63, 3.8) is 0 Å². The molecule has 2 aliphatic rings. The summed E-state index contributed by atoms with van der Waals surface area (Å²) in [5.74, 6) is 0.791. The van der Waals surface area contributed by atoms with E-state index >= 15 is 0 Å². The molecular weight excluding hydrogens is 318 g/mol. The highest BCUT2D eigenvalue weighted by atomic mass is 35.5. The number of benzene rings is 2. The average molecular weight is 342 g/mol. The first-order valence-corrected chi connectivity index (χ1v) is 9.22. The highest BCUT2D eigenvalue weighted by Crippen LogP contribution is 2.51. The van der Waals surface area contributed by atoms with E-state index in [1.54, 1.807) is 0 Å². The van der Waals surface area contributed by atoms with E-state index in [1.165, 1.54) is 5.56 Å². The van der Waals surface area contributed by atoms with Gasteiger partial charge in [0.25, 0.3) is 0 Å². The lowest BCUT2D eigenvalue weighted by atomic mass is 9.71. The third-order valence-electron chi connectivity index (χ3n) is 6.02. The van der Waals surface area contributed by atoms with Gasteiger partial charge in [0, 0.05) is 10.9 Å². The van der Waals surface area contributed by atoms with Crippen LogP contribution in [0.1, 0.15) is 29.5 Å². The van der Waals surface area contributed by atoms with Gasteiger partial charge in [-0.2, -0.15) is 0 Å². The smallest absolute Gasteiger partial charge is 0.118 e. The number of aliphatic hydroxyl groups is 1. The number of hydrogen-bond acceptors (Lipinski definition) is 2. The van der Waals surface area contributed by atoms with Crippen LogP contribution in [0.5, 0.6) is 0 Å². The Bertz CT molecular complexity index is 721. The van der Waals surface area contributed by atoms with Crippen LogP contribution in [-0.4, -0.2) is 30.1 Å². The van der Waals surface area contributed by atoms with Gasteiger partial charge in [-0.3, -0.25) is 0 Å². The second-order valence-corrected chi connectivity index (χ2v) is 7.82. The minimum Gasteiger partial charge on any atom is -0.380 e. The van der Waals surface area contributed by atoms with Crippen molar-refractivity contribution < 1.29 is 5.11 Å². The SMILES string of the molecule is CN1CCC([C@@H]2Cc3ccccc3[C@]2(O)c2ccc(Cl)cc2)CC1. The fourth-order valence-corrected chi connectivity index (χ4v) is 4.79. The van der Waals surface area contributed by atoms with E-state index in [1.807, 2.05) is 30.3 Å². The van der Waals surface area contributed by atoms with Gasteiger partial charge >= 0.3 is 0 Å². The summed E-state index contributed by atoms with van der Waals surface area (Å²) in [6.45, 7) is 2.24. The highest BCUT2D eigenvalue weighted by Gasteiger charge is 2.49. The van der Waals surface area contributed by atoms with Crippen LogP contribution >= 0.6 is 11.6 Å². The van der Waals surface area contributed by atoms with Crippen LogP contribution in [0.2, 0.25) is 5.02 Å². The first-order valence-electron chi connectivity index (χ1n) is 8.84. The molecule has 0 radical (unpaired) electrons. The summed E-state index contributed by atoms with van der Waals surface area (Å²) < 4.78 is 0. The summed E-state index contributed by atoms with van der Waals surface area (Å²) in [6.07, 6.45) is 3.28. The van der Waals surface area contributed by atoms with Crippen molar-refractivity contribution in [2.45, 2.75) is 24.9 Å². The van der Waals surface area contributed by atoms with Gasteiger partial charge in [-0.15, -0.1) is 0 Å². The van der Waals surface area contributed by atoms with E-state index in [0.717, 1.165) is 43.5 Å². The minimum absolute atomic E-state index is 0.241. The molecule has 3 heteroatoms. The molecular formula is C21H24ClNO. The second kappa shape index (κ2) is 6.18. The Balaban J connectivity index is 1.77. The lowest BCUT2D eigenvalue weighted by Crippen LogP contribution is -2.42. The molecule has 0 spiro atoms. The summed E-state index contributed by atoms with van der Waals surface area (Å²) in [6, 6.07) is 16.2. The van der Waals surface area contributed by atoms with E-state index < -0.39 is 5.60 Å². The van der Waals surface area contributed by atoms with E-state index in [2.05, 4.69) is 30.1 Å². The third-order valence-corrected chi connectivity index (χ3v) is 6.27. The predicted octanol–water partition coefficient (Wildman–Crippen LogP) is 4.09. The van der Waals surface area contributed by atoms with Gasteiger partial charge in [-0.25, -0.2) is 0 Å². The maximum atomic E-state index is 11.9. The van der Waals surface area contributed by atoms with E-state index in [9.17, 15) is 5.11 Å². The van der Waals surface area contributed by atoms with Crippen LogP contribution in [0.4, 0.5) is 0 Å². The molecule has 4 rings (SSSR count). The lowest BCUT2D eigenvalue weighted by molar-refractivity contribution is -0.0120. The molecule has 1 N–H and O–H groups in total. The highest BCUT2D eigenvalue weighted by molar-refractivity contribution is 6.30. The van der Waals surface area contributed by atoms with Crippen molar-refractivity contribution in [3.05, 3.63) is 70.2 Å². The molecule has 24 heavy (non-hydrogen) atoms. The van der Waals surface area contributed by atoms with Crippen LogP contribution in [0.15, 0.2) is 48.5 Å². The van der Waals surface area contributed by atoms with Crippen LogP contribution in [0.3, 0.4) is 0 Å². The zero-order valence-electron chi connectivity index (χ0n) is 14.1. The monoisotopic (exact) mass is 341 g/mol. The van der Waals surface area contributed by atoms with Crippen molar-refractivity contribution in [2.24, 2.45) is 11.8 Å². The van der Waals surface area contributed by atoms with E-state index in [4.69, 9.17) is 11.6 Å². The average Bonchev–Trinajstić information content (AvgIpc) is 2.91.